The van der Waals surface area contributed by atoms with Crippen LogP contribution in [0.25, 0.3) is 0 Å². The van der Waals surface area contributed by atoms with Crippen LogP contribution in [-0.2, 0) is 10.0 Å². The van der Waals surface area contributed by atoms with Crippen molar-refractivity contribution >= 4 is 15.9 Å². The van der Waals surface area contributed by atoms with Gasteiger partial charge in [0.05, 0.1) is 22.2 Å². The Morgan fingerprint density at radius 3 is 2.48 bits per heavy atom. The summed E-state index contributed by atoms with van der Waals surface area (Å²) in [5.74, 6) is 0.310. The number of sulfonamides is 1. The van der Waals surface area contributed by atoms with Gasteiger partial charge in [-0.25, -0.2) is 27.1 Å². The Balaban J connectivity index is 1.10. The summed E-state index contributed by atoms with van der Waals surface area (Å²) in [5.41, 5.74) is 4.23. The average Bonchev–Trinajstić information content (AvgIpc) is 3.62. The molecule has 8 nitrogen and oxygen atoms in total. The SMILES string of the molecule is Cc1ncnc(C)c1C(=O)N1CC2=CN(CCC(c3cccc(F)c3)C3CN(S(=O)(=O)C4CCCC4)C3)CC2C1. The topological polar surface area (TPSA) is 86.7 Å². The van der Waals surface area contributed by atoms with Crippen LogP contribution in [0.1, 0.15) is 65.3 Å². The van der Waals surface area contributed by atoms with Gasteiger partial charge in [0.2, 0.25) is 10.0 Å². The van der Waals surface area contributed by atoms with E-state index in [0.717, 1.165) is 50.8 Å². The first-order valence-electron chi connectivity index (χ1n) is 14.5. The van der Waals surface area contributed by atoms with Crippen molar-refractivity contribution < 1.29 is 17.6 Å². The van der Waals surface area contributed by atoms with Gasteiger partial charge in [0.15, 0.2) is 0 Å². The molecule has 1 aromatic heterocycles. The average molecular weight is 568 g/mol. The molecule has 0 spiro atoms. The van der Waals surface area contributed by atoms with Crippen molar-refractivity contribution in [3.8, 4) is 0 Å². The molecule has 2 saturated heterocycles. The number of aryl methyl sites for hydroxylation is 2. The summed E-state index contributed by atoms with van der Waals surface area (Å²) in [5, 5.41) is -0.231. The minimum Gasteiger partial charge on any atom is -0.377 e. The highest BCUT2D eigenvalue weighted by atomic mass is 32.2. The van der Waals surface area contributed by atoms with Crippen molar-refractivity contribution in [1.29, 1.82) is 0 Å². The number of carbonyl (C=O) groups excluding carboxylic acids is 1. The van der Waals surface area contributed by atoms with Crippen molar-refractivity contribution in [2.75, 3.05) is 39.3 Å². The molecule has 3 fully saturated rings. The van der Waals surface area contributed by atoms with Crippen LogP contribution in [-0.4, -0.2) is 82.9 Å². The van der Waals surface area contributed by atoms with E-state index in [1.54, 1.807) is 16.4 Å². The van der Waals surface area contributed by atoms with Gasteiger partial charge in [-0.3, -0.25) is 4.79 Å². The number of hydrogen-bond acceptors (Lipinski definition) is 6. The van der Waals surface area contributed by atoms with E-state index >= 15 is 0 Å². The lowest BCUT2D eigenvalue weighted by molar-refractivity contribution is 0.0782. The van der Waals surface area contributed by atoms with E-state index in [9.17, 15) is 17.6 Å². The predicted octanol–water partition coefficient (Wildman–Crippen LogP) is 3.88. The summed E-state index contributed by atoms with van der Waals surface area (Å²) in [7, 11) is -3.24. The maximum Gasteiger partial charge on any atom is 0.257 e. The number of fused-ring (bicyclic) bond motifs is 1. The van der Waals surface area contributed by atoms with Gasteiger partial charge in [-0.2, -0.15) is 0 Å². The smallest absolute Gasteiger partial charge is 0.257 e. The summed E-state index contributed by atoms with van der Waals surface area (Å²) in [6.45, 7) is 7.68. The van der Waals surface area contributed by atoms with Gasteiger partial charge >= 0.3 is 0 Å². The lowest BCUT2D eigenvalue weighted by Gasteiger charge is -2.44. The maximum absolute atomic E-state index is 14.2. The Morgan fingerprint density at radius 2 is 1.80 bits per heavy atom. The number of nitrogens with zero attached hydrogens (tertiary/aromatic N) is 5. The fraction of sp³-hybridized carbons (Fsp3) is 0.567. The number of halogens is 1. The first kappa shape index (κ1) is 27.3. The summed E-state index contributed by atoms with van der Waals surface area (Å²) in [6, 6.07) is 6.79. The highest BCUT2D eigenvalue weighted by Gasteiger charge is 2.44. The minimum atomic E-state index is -3.24. The van der Waals surface area contributed by atoms with Crippen molar-refractivity contribution in [2.24, 2.45) is 11.8 Å². The second-order valence-corrected chi connectivity index (χ2v) is 14.2. The molecule has 40 heavy (non-hydrogen) atoms. The van der Waals surface area contributed by atoms with Crippen LogP contribution in [0.3, 0.4) is 0 Å². The molecular weight excluding hydrogens is 529 g/mol. The van der Waals surface area contributed by atoms with Crippen LogP contribution < -0.4 is 0 Å². The predicted molar refractivity (Wildman–Crippen MR) is 151 cm³/mol. The van der Waals surface area contributed by atoms with E-state index in [-0.39, 0.29) is 28.8 Å². The normalized spacial score (nSPS) is 22.9. The largest absolute Gasteiger partial charge is 0.377 e. The molecule has 214 valence electrons. The van der Waals surface area contributed by atoms with E-state index in [1.165, 1.54) is 18.0 Å². The van der Waals surface area contributed by atoms with Crippen LogP contribution in [0.5, 0.6) is 0 Å². The van der Waals surface area contributed by atoms with Crippen LogP contribution in [0, 0.1) is 31.5 Å². The molecule has 0 bridgehead atoms. The third-order valence-electron chi connectivity index (χ3n) is 9.40. The van der Waals surface area contributed by atoms with E-state index in [2.05, 4.69) is 21.1 Å². The van der Waals surface area contributed by atoms with E-state index in [0.29, 0.717) is 49.0 Å². The summed E-state index contributed by atoms with van der Waals surface area (Å²) in [4.78, 5) is 25.9. The van der Waals surface area contributed by atoms with E-state index < -0.39 is 10.0 Å². The molecule has 1 aromatic carbocycles. The summed E-state index contributed by atoms with van der Waals surface area (Å²) >= 11 is 0. The second kappa shape index (κ2) is 10.9. The third-order valence-corrected chi connectivity index (χ3v) is 11.7. The fourth-order valence-corrected chi connectivity index (χ4v) is 9.25. The number of hydrogen-bond donors (Lipinski definition) is 0. The first-order valence-corrected chi connectivity index (χ1v) is 16.0. The van der Waals surface area contributed by atoms with Crippen molar-refractivity contribution in [3.63, 3.8) is 0 Å². The number of likely N-dealkylation sites (tertiary alicyclic amines) is 1. The van der Waals surface area contributed by atoms with Gasteiger partial charge < -0.3 is 9.80 Å². The zero-order valence-electron chi connectivity index (χ0n) is 23.3. The van der Waals surface area contributed by atoms with Crippen molar-refractivity contribution in [3.05, 3.63) is 70.7 Å². The fourth-order valence-electron chi connectivity index (χ4n) is 7.11. The number of amides is 1. The monoisotopic (exact) mass is 567 g/mol. The maximum atomic E-state index is 14.2. The van der Waals surface area contributed by atoms with Crippen molar-refractivity contribution in [2.45, 2.75) is 57.1 Å². The van der Waals surface area contributed by atoms with Gasteiger partial charge in [-0.05, 0) is 68.2 Å². The lowest BCUT2D eigenvalue weighted by Crippen LogP contribution is -2.54. The van der Waals surface area contributed by atoms with Crippen LogP contribution >= 0.6 is 0 Å². The molecule has 4 heterocycles. The molecule has 6 rings (SSSR count). The van der Waals surface area contributed by atoms with Crippen LogP contribution in [0.15, 0.2) is 42.4 Å². The molecule has 1 aliphatic carbocycles. The quantitative estimate of drug-likeness (QED) is 0.481. The van der Waals surface area contributed by atoms with Crippen LogP contribution in [0.2, 0.25) is 0 Å². The van der Waals surface area contributed by atoms with E-state index in [4.69, 9.17) is 0 Å². The van der Waals surface area contributed by atoms with Gasteiger partial charge in [0, 0.05) is 51.4 Å². The molecule has 4 aliphatic rings. The van der Waals surface area contributed by atoms with Gasteiger partial charge in [-0.1, -0.05) is 25.0 Å². The van der Waals surface area contributed by atoms with E-state index in [1.807, 2.05) is 24.8 Å². The Hall–Kier alpha value is -2.85. The number of carbonyl (C=O) groups is 1. The minimum absolute atomic E-state index is 0.00860. The summed E-state index contributed by atoms with van der Waals surface area (Å²) in [6.07, 6.45) is 8.03. The van der Waals surface area contributed by atoms with Gasteiger partial charge in [-0.15, -0.1) is 0 Å². The number of aromatic nitrogens is 2. The molecule has 2 atom stereocenters. The van der Waals surface area contributed by atoms with Gasteiger partial charge in [0.1, 0.15) is 12.1 Å². The lowest BCUT2D eigenvalue weighted by atomic mass is 9.80. The molecule has 0 N–H and O–H groups in total. The van der Waals surface area contributed by atoms with Crippen molar-refractivity contribution in [1.82, 2.24) is 24.1 Å². The molecule has 1 saturated carbocycles. The molecule has 3 aliphatic heterocycles. The first-order chi connectivity index (χ1) is 19.2. The standard InChI is InChI=1S/C30H38FN5O3S/c1-20-29(21(2)33-19-32-20)30(37)35-15-23-13-34(14-24(23)16-35)11-10-28(22-6-5-7-26(31)12-22)25-17-36(18-25)40(38,39)27-8-3-4-9-27/h5-7,12-13,19,24-25,27-28H,3-4,8-11,14-18H2,1-2H3. The molecule has 2 unspecified atom stereocenters. The Morgan fingerprint density at radius 1 is 1.07 bits per heavy atom. The zero-order chi connectivity index (χ0) is 28.0. The zero-order valence-corrected chi connectivity index (χ0v) is 24.1. The second-order valence-electron chi connectivity index (χ2n) is 12.0. The third kappa shape index (κ3) is 5.16. The Bertz CT molecular complexity index is 1400. The van der Waals surface area contributed by atoms with Gasteiger partial charge in [0.25, 0.3) is 5.91 Å². The molecule has 2 aromatic rings. The van der Waals surface area contributed by atoms with Crippen LogP contribution in [0.4, 0.5) is 4.39 Å². The highest BCUT2D eigenvalue weighted by molar-refractivity contribution is 7.89. The highest BCUT2D eigenvalue weighted by Crippen LogP contribution is 2.40. The molecular formula is C30H38FN5O3S. The molecule has 10 heteroatoms. The Labute approximate surface area is 236 Å². The summed E-state index contributed by atoms with van der Waals surface area (Å²) < 4.78 is 42.0. The number of benzene rings is 1. The number of rotatable bonds is 8. The molecule has 1 amide bonds. The molecule has 0 radical (unpaired) electrons. The Kier molecular flexibility index (Phi) is 7.41.